The van der Waals surface area contributed by atoms with Gasteiger partial charge in [0.05, 0.1) is 6.10 Å². The zero-order valence-corrected chi connectivity index (χ0v) is 17.0. The molecule has 3 nitrogen and oxygen atoms in total. The normalized spacial score (nSPS) is 10.7. The average Bonchev–Trinajstić information content (AvgIpc) is 2.71. The highest BCUT2D eigenvalue weighted by Crippen LogP contribution is 2.22. The summed E-state index contributed by atoms with van der Waals surface area (Å²) in [6, 6.07) is 25.9. The van der Waals surface area contributed by atoms with Crippen LogP contribution in [0.25, 0.3) is 0 Å². The number of amides is 1. The van der Waals surface area contributed by atoms with E-state index in [4.69, 9.17) is 4.74 Å². The standard InChI is InChI=1S/C24H25NO2S/c1-18(2)27-22-8-6-7-20(15-22)16-25-24(26)21-13-11-19(12-14-21)17-28-23-9-4-3-5-10-23/h3-15,18H,16-17H2,1-2H3,(H,25,26). The van der Waals surface area contributed by atoms with E-state index >= 15 is 0 Å². The molecule has 0 saturated heterocycles. The summed E-state index contributed by atoms with van der Waals surface area (Å²) in [5, 5.41) is 2.97. The first-order valence-corrected chi connectivity index (χ1v) is 10.4. The molecule has 3 rings (SSSR count). The molecule has 0 fully saturated rings. The van der Waals surface area contributed by atoms with Crippen LogP contribution in [0.1, 0.15) is 35.3 Å². The lowest BCUT2D eigenvalue weighted by atomic mass is 10.1. The Balaban J connectivity index is 1.52. The molecule has 28 heavy (non-hydrogen) atoms. The Kier molecular flexibility index (Phi) is 7.15. The van der Waals surface area contributed by atoms with E-state index in [0.717, 1.165) is 17.1 Å². The fourth-order valence-electron chi connectivity index (χ4n) is 2.72. The van der Waals surface area contributed by atoms with Crippen LogP contribution in [0.15, 0.2) is 83.8 Å². The van der Waals surface area contributed by atoms with Crippen LogP contribution in [0, 0.1) is 0 Å². The van der Waals surface area contributed by atoms with Gasteiger partial charge in [-0.2, -0.15) is 0 Å². The van der Waals surface area contributed by atoms with Gasteiger partial charge in [0.1, 0.15) is 5.75 Å². The second kappa shape index (κ2) is 10.00. The van der Waals surface area contributed by atoms with Gasteiger partial charge in [-0.25, -0.2) is 0 Å². The van der Waals surface area contributed by atoms with Crippen LogP contribution in [0.4, 0.5) is 0 Å². The summed E-state index contributed by atoms with van der Waals surface area (Å²) < 4.78 is 5.70. The van der Waals surface area contributed by atoms with E-state index in [1.807, 2.05) is 80.6 Å². The highest BCUT2D eigenvalue weighted by molar-refractivity contribution is 7.98. The van der Waals surface area contributed by atoms with Crippen molar-refractivity contribution in [3.8, 4) is 5.75 Å². The molecule has 0 unspecified atom stereocenters. The molecule has 0 aliphatic heterocycles. The highest BCUT2D eigenvalue weighted by atomic mass is 32.2. The van der Waals surface area contributed by atoms with E-state index in [9.17, 15) is 4.79 Å². The molecule has 0 heterocycles. The van der Waals surface area contributed by atoms with Crippen LogP contribution >= 0.6 is 11.8 Å². The SMILES string of the molecule is CC(C)Oc1cccc(CNC(=O)c2ccc(CSc3ccccc3)cc2)c1. The molecule has 0 saturated carbocycles. The summed E-state index contributed by atoms with van der Waals surface area (Å²) in [5.41, 5.74) is 2.88. The number of rotatable bonds is 8. The minimum Gasteiger partial charge on any atom is -0.491 e. The number of hydrogen-bond acceptors (Lipinski definition) is 3. The Bertz CT molecular complexity index is 892. The number of carbonyl (C=O) groups is 1. The number of benzene rings is 3. The van der Waals surface area contributed by atoms with Crippen LogP contribution in [-0.4, -0.2) is 12.0 Å². The summed E-state index contributed by atoms with van der Waals surface area (Å²) in [4.78, 5) is 13.7. The van der Waals surface area contributed by atoms with Gasteiger partial charge in [-0.05, 0) is 61.4 Å². The van der Waals surface area contributed by atoms with E-state index in [1.54, 1.807) is 11.8 Å². The van der Waals surface area contributed by atoms with E-state index in [2.05, 4.69) is 17.4 Å². The van der Waals surface area contributed by atoms with Crippen LogP contribution in [0.2, 0.25) is 0 Å². The van der Waals surface area contributed by atoms with Gasteiger partial charge in [0.25, 0.3) is 5.91 Å². The molecule has 0 aliphatic carbocycles. The third-order valence-electron chi connectivity index (χ3n) is 4.09. The third kappa shape index (κ3) is 6.17. The lowest BCUT2D eigenvalue weighted by Crippen LogP contribution is -2.22. The first-order valence-electron chi connectivity index (χ1n) is 9.41. The quantitative estimate of drug-likeness (QED) is 0.501. The fourth-order valence-corrected chi connectivity index (χ4v) is 3.60. The van der Waals surface area contributed by atoms with Crippen LogP contribution < -0.4 is 10.1 Å². The first kappa shape index (κ1) is 20.0. The molecule has 3 aromatic carbocycles. The van der Waals surface area contributed by atoms with Crippen molar-refractivity contribution in [2.24, 2.45) is 0 Å². The Morgan fingerprint density at radius 3 is 2.39 bits per heavy atom. The number of nitrogens with one attached hydrogen (secondary N) is 1. The zero-order chi connectivity index (χ0) is 19.8. The van der Waals surface area contributed by atoms with Crippen molar-refractivity contribution in [2.45, 2.75) is 37.1 Å². The van der Waals surface area contributed by atoms with Gasteiger partial charge in [0, 0.05) is 22.8 Å². The van der Waals surface area contributed by atoms with Crippen LogP contribution in [-0.2, 0) is 12.3 Å². The molecular formula is C24H25NO2S. The number of ether oxygens (including phenoxy) is 1. The van der Waals surface area contributed by atoms with Gasteiger partial charge in [0.15, 0.2) is 0 Å². The first-order chi connectivity index (χ1) is 13.6. The van der Waals surface area contributed by atoms with Crippen molar-refractivity contribution >= 4 is 17.7 Å². The molecule has 0 radical (unpaired) electrons. The molecule has 1 N–H and O–H groups in total. The van der Waals surface area contributed by atoms with Crippen molar-refractivity contribution in [3.63, 3.8) is 0 Å². The minimum absolute atomic E-state index is 0.0718. The minimum atomic E-state index is -0.0718. The smallest absolute Gasteiger partial charge is 0.251 e. The van der Waals surface area contributed by atoms with Gasteiger partial charge >= 0.3 is 0 Å². The van der Waals surface area contributed by atoms with Crippen molar-refractivity contribution in [3.05, 3.63) is 95.6 Å². The summed E-state index contributed by atoms with van der Waals surface area (Å²) in [7, 11) is 0. The maximum Gasteiger partial charge on any atom is 0.251 e. The Labute approximate surface area is 171 Å². The van der Waals surface area contributed by atoms with E-state index in [-0.39, 0.29) is 12.0 Å². The monoisotopic (exact) mass is 391 g/mol. The summed E-state index contributed by atoms with van der Waals surface area (Å²) in [6.07, 6.45) is 0.128. The van der Waals surface area contributed by atoms with Gasteiger partial charge < -0.3 is 10.1 Å². The lowest BCUT2D eigenvalue weighted by molar-refractivity contribution is 0.0951. The number of carbonyl (C=O) groups excluding carboxylic acids is 1. The number of hydrogen-bond donors (Lipinski definition) is 1. The van der Waals surface area contributed by atoms with E-state index in [0.29, 0.717) is 12.1 Å². The summed E-state index contributed by atoms with van der Waals surface area (Å²) in [5.74, 6) is 1.63. The maximum atomic E-state index is 12.4. The Hall–Kier alpha value is -2.72. The van der Waals surface area contributed by atoms with Gasteiger partial charge in [-0.3, -0.25) is 4.79 Å². The average molecular weight is 392 g/mol. The maximum absolute atomic E-state index is 12.4. The molecule has 0 aromatic heterocycles. The van der Waals surface area contributed by atoms with Crippen molar-refractivity contribution in [1.29, 1.82) is 0 Å². The summed E-state index contributed by atoms with van der Waals surface area (Å²) >= 11 is 1.79. The topological polar surface area (TPSA) is 38.3 Å². The lowest BCUT2D eigenvalue weighted by Gasteiger charge is -2.11. The number of thioether (sulfide) groups is 1. The fraction of sp³-hybridized carbons (Fsp3) is 0.208. The second-order valence-electron chi connectivity index (χ2n) is 6.80. The van der Waals surface area contributed by atoms with Crippen molar-refractivity contribution in [2.75, 3.05) is 0 Å². The molecular weight excluding hydrogens is 366 g/mol. The van der Waals surface area contributed by atoms with Crippen LogP contribution in [0.5, 0.6) is 5.75 Å². The van der Waals surface area contributed by atoms with Crippen molar-refractivity contribution in [1.82, 2.24) is 5.32 Å². The molecule has 0 spiro atoms. The predicted molar refractivity (Wildman–Crippen MR) is 116 cm³/mol. The molecule has 144 valence electrons. The van der Waals surface area contributed by atoms with Gasteiger partial charge in [-0.15, -0.1) is 11.8 Å². The second-order valence-corrected chi connectivity index (χ2v) is 7.84. The van der Waals surface area contributed by atoms with Crippen molar-refractivity contribution < 1.29 is 9.53 Å². The molecule has 4 heteroatoms. The predicted octanol–water partition coefficient (Wildman–Crippen LogP) is 5.70. The Morgan fingerprint density at radius 2 is 1.68 bits per heavy atom. The molecule has 1 amide bonds. The van der Waals surface area contributed by atoms with E-state index in [1.165, 1.54) is 10.5 Å². The largest absolute Gasteiger partial charge is 0.491 e. The molecule has 0 aliphatic rings. The summed E-state index contributed by atoms with van der Waals surface area (Å²) in [6.45, 7) is 4.46. The Morgan fingerprint density at radius 1 is 0.929 bits per heavy atom. The van der Waals surface area contributed by atoms with Gasteiger partial charge in [-0.1, -0.05) is 42.5 Å². The highest BCUT2D eigenvalue weighted by Gasteiger charge is 2.06. The van der Waals surface area contributed by atoms with Gasteiger partial charge in [0.2, 0.25) is 0 Å². The third-order valence-corrected chi connectivity index (χ3v) is 5.17. The van der Waals surface area contributed by atoms with Crippen LogP contribution in [0.3, 0.4) is 0 Å². The molecule has 0 atom stereocenters. The van der Waals surface area contributed by atoms with E-state index < -0.39 is 0 Å². The molecule has 0 bridgehead atoms. The zero-order valence-electron chi connectivity index (χ0n) is 16.2. The molecule has 3 aromatic rings.